The lowest BCUT2D eigenvalue weighted by Crippen LogP contribution is -2.21. The molecule has 0 saturated heterocycles. The van der Waals surface area contributed by atoms with E-state index in [9.17, 15) is 4.79 Å². The molecule has 3 aromatic carbocycles. The first-order valence-corrected chi connectivity index (χ1v) is 10.1. The molecule has 0 unspecified atom stereocenters. The van der Waals surface area contributed by atoms with Gasteiger partial charge in [-0.1, -0.05) is 56.3 Å². The smallest absolute Gasteiger partial charge is 0.258 e. The maximum absolute atomic E-state index is 12.9. The Kier molecular flexibility index (Phi) is 5.55. The summed E-state index contributed by atoms with van der Waals surface area (Å²) in [5, 5.41) is 9.84. The molecular formula is C25H26N4O. The molecule has 5 N–H and O–H groups in total. The standard InChI is InChI=1S/C25H26N4O/c1-16(2)27-15-17-8-11-20(12-9-17)28-24(18-6-4-3-5-7-18)23-21-14-19(26)10-13-22(21)29-25(23)30/h3-14,16,27-28H,15,26H2,1-2H3,(H,29,30)/b24-23-. The zero-order valence-corrected chi connectivity index (χ0v) is 17.2. The fourth-order valence-corrected chi connectivity index (χ4v) is 3.49. The largest absolute Gasteiger partial charge is 0.399 e. The van der Waals surface area contributed by atoms with Gasteiger partial charge in [0.15, 0.2) is 0 Å². The second-order valence-corrected chi connectivity index (χ2v) is 7.73. The Morgan fingerprint density at radius 2 is 1.73 bits per heavy atom. The van der Waals surface area contributed by atoms with E-state index in [1.165, 1.54) is 5.56 Å². The van der Waals surface area contributed by atoms with Crippen molar-refractivity contribution < 1.29 is 4.79 Å². The van der Waals surface area contributed by atoms with Crippen molar-refractivity contribution in [2.75, 3.05) is 16.4 Å². The summed E-state index contributed by atoms with van der Waals surface area (Å²) in [7, 11) is 0. The summed E-state index contributed by atoms with van der Waals surface area (Å²) in [5.41, 5.74) is 12.6. The number of nitrogens with two attached hydrogens (primary N) is 1. The molecule has 3 aromatic rings. The Morgan fingerprint density at radius 3 is 2.43 bits per heavy atom. The van der Waals surface area contributed by atoms with Crippen molar-refractivity contribution in [2.24, 2.45) is 0 Å². The second-order valence-electron chi connectivity index (χ2n) is 7.73. The van der Waals surface area contributed by atoms with Crippen LogP contribution in [-0.4, -0.2) is 11.9 Å². The molecule has 30 heavy (non-hydrogen) atoms. The van der Waals surface area contributed by atoms with Gasteiger partial charge in [0.25, 0.3) is 5.91 Å². The van der Waals surface area contributed by atoms with Crippen LogP contribution < -0.4 is 21.7 Å². The van der Waals surface area contributed by atoms with Gasteiger partial charge in [0.2, 0.25) is 0 Å². The minimum atomic E-state index is -0.139. The molecular weight excluding hydrogens is 372 g/mol. The number of hydrogen-bond donors (Lipinski definition) is 4. The van der Waals surface area contributed by atoms with Crippen molar-refractivity contribution >= 4 is 34.2 Å². The molecule has 1 heterocycles. The van der Waals surface area contributed by atoms with E-state index in [0.29, 0.717) is 17.3 Å². The number of hydrogen-bond acceptors (Lipinski definition) is 4. The maximum Gasteiger partial charge on any atom is 0.258 e. The Balaban J connectivity index is 1.74. The fraction of sp³-hybridized carbons (Fsp3) is 0.160. The van der Waals surface area contributed by atoms with Gasteiger partial charge in [0.1, 0.15) is 0 Å². The van der Waals surface area contributed by atoms with Crippen LogP contribution in [0.1, 0.15) is 30.5 Å². The van der Waals surface area contributed by atoms with E-state index in [4.69, 9.17) is 5.73 Å². The van der Waals surface area contributed by atoms with Crippen LogP contribution in [0.15, 0.2) is 72.8 Å². The zero-order chi connectivity index (χ0) is 21.1. The molecule has 0 fully saturated rings. The maximum atomic E-state index is 12.9. The van der Waals surface area contributed by atoms with Crippen LogP contribution in [0.4, 0.5) is 17.1 Å². The number of nitrogen functional groups attached to an aromatic ring is 1. The molecule has 0 aromatic heterocycles. The monoisotopic (exact) mass is 398 g/mol. The van der Waals surface area contributed by atoms with E-state index < -0.39 is 0 Å². The van der Waals surface area contributed by atoms with Crippen molar-refractivity contribution in [3.63, 3.8) is 0 Å². The highest BCUT2D eigenvalue weighted by atomic mass is 16.2. The van der Waals surface area contributed by atoms with Gasteiger partial charge < -0.3 is 21.7 Å². The minimum absolute atomic E-state index is 0.139. The predicted molar refractivity (Wildman–Crippen MR) is 125 cm³/mol. The Morgan fingerprint density at radius 1 is 1.00 bits per heavy atom. The van der Waals surface area contributed by atoms with Gasteiger partial charge in [0, 0.05) is 35.2 Å². The lowest BCUT2D eigenvalue weighted by atomic mass is 9.99. The van der Waals surface area contributed by atoms with Gasteiger partial charge in [-0.3, -0.25) is 4.79 Å². The summed E-state index contributed by atoms with van der Waals surface area (Å²) >= 11 is 0. The van der Waals surface area contributed by atoms with Gasteiger partial charge in [-0.25, -0.2) is 0 Å². The lowest BCUT2D eigenvalue weighted by molar-refractivity contribution is -0.110. The molecule has 0 spiro atoms. The average Bonchev–Trinajstić information content (AvgIpc) is 3.07. The quantitative estimate of drug-likeness (QED) is 0.358. The molecule has 152 valence electrons. The van der Waals surface area contributed by atoms with Crippen LogP contribution in [0.5, 0.6) is 0 Å². The van der Waals surface area contributed by atoms with Crippen molar-refractivity contribution in [1.29, 1.82) is 0 Å². The molecule has 1 aliphatic rings. The average molecular weight is 399 g/mol. The number of fused-ring (bicyclic) bond motifs is 1. The number of rotatable bonds is 6. The van der Waals surface area contributed by atoms with Crippen LogP contribution in [0, 0.1) is 0 Å². The Labute approximate surface area is 177 Å². The van der Waals surface area contributed by atoms with Gasteiger partial charge in [-0.2, -0.15) is 0 Å². The minimum Gasteiger partial charge on any atom is -0.399 e. The van der Waals surface area contributed by atoms with Crippen LogP contribution in [0.3, 0.4) is 0 Å². The summed E-state index contributed by atoms with van der Waals surface area (Å²) in [6.45, 7) is 5.08. The first-order valence-electron chi connectivity index (χ1n) is 10.1. The highest BCUT2D eigenvalue weighted by Crippen LogP contribution is 2.38. The first kappa shape index (κ1) is 19.7. The molecule has 5 heteroatoms. The van der Waals surface area contributed by atoms with Crippen molar-refractivity contribution in [1.82, 2.24) is 5.32 Å². The topological polar surface area (TPSA) is 79.2 Å². The summed E-state index contributed by atoms with van der Waals surface area (Å²) in [5.74, 6) is -0.139. The molecule has 5 nitrogen and oxygen atoms in total. The third-order valence-electron chi connectivity index (χ3n) is 5.04. The number of amides is 1. The molecule has 0 aliphatic carbocycles. The number of nitrogens with one attached hydrogen (secondary N) is 3. The lowest BCUT2D eigenvalue weighted by Gasteiger charge is -2.15. The number of carbonyl (C=O) groups excluding carboxylic acids is 1. The molecule has 1 amide bonds. The van der Waals surface area contributed by atoms with Crippen LogP contribution >= 0.6 is 0 Å². The van der Waals surface area contributed by atoms with E-state index in [1.54, 1.807) is 6.07 Å². The summed E-state index contributed by atoms with van der Waals surface area (Å²) < 4.78 is 0. The van der Waals surface area contributed by atoms with E-state index in [2.05, 4.69) is 41.9 Å². The molecule has 0 saturated carbocycles. The van der Waals surface area contributed by atoms with E-state index in [1.807, 2.05) is 54.6 Å². The first-order chi connectivity index (χ1) is 14.5. The molecule has 1 aliphatic heterocycles. The van der Waals surface area contributed by atoms with Crippen molar-refractivity contribution in [3.8, 4) is 0 Å². The van der Waals surface area contributed by atoms with E-state index in [0.717, 1.165) is 34.7 Å². The SMILES string of the molecule is CC(C)NCc1ccc(N/C(=C2\C(=O)Nc3ccc(N)cc32)c2ccccc2)cc1. The third kappa shape index (κ3) is 4.21. The highest BCUT2D eigenvalue weighted by Gasteiger charge is 2.28. The summed E-state index contributed by atoms with van der Waals surface area (Å²) in [6.07, 6.45) is 0. The fourth-order valence-electron chi connectivity index (χ4n) is 3.49. The third-order valence-corrected chi connectivity index (χ3v) is 5.04. The van der Waals surface area contributed by atoms with Crippen LogP contribution in [0.2, 0.25) is 0 Å². The number of anilines is 3. The molecule has 4 rings (SSSR count). The number of carbonyl (C=O) groups is 1. The normalized spacial score (nSPS) is 14.4. The predicted octanol–water partition coefficient (Wildman–Crippen LogP) is 4.70. The molecule has 0 bridgehead atoms. The Hall–Kier alpha value is -3.57. The van der Waals surface area contributed by atoms with Crippen molar-refractivity contribution in [3.05, 3.63) is 89.5 Å². The highest BCUT2D eigenvalue weighted by molar-refractivity contribution is 6.37. The summed E-state index contributed by atoms with van der Waals surface area (Å²) in [4.78, 5) is 12.9. The van der Waals surface area contributed by atoms with Gasteiger partial charge in [0.05, 0.1) is 11.3 Å². The second kappa shape index (κ2) is 8.43. The van der Waals surface area contributed by atoms with Crippen LogP contribution in [-0.2, 0) is 11.3 Å². The Bertz CT molecular complexity index is 1090. The van der Waals surface area contributed by atoms with Gasteiger partial charge >= 0.3 is 0 Å². The van der Waals surface area contributed by atoms with Crippen LogP contribution in [0.25, 0.3) is 11.3 Å². The molecule has 0 radical (unpaired) electrons. The van der Waals surface area contributed by atoms with Crippen molar-refractivity contribution in [2.45, 2.75) is 26.4 Å². The van der Waals surface area contributed by atoms with E-state index in [-0.39, 0.29) is 5.91 Å². The molecule has 0 atom stereocenters. The summed E-state index contributed by atoms with van der Waals surface area (Å²) in [6, 6.07) is 24.0. The van der Waals surface area contributed by atoms with E-state index >= 15 is 0 Å². The number of benzene rings is 3. The van der Waals surface area contributed by atoms with Gasteiger partial charge in [-0.15, -0.1) is 0 Å². The zero-order valence-electron chi connectivity index (χ0n) is 17.2. The van der Waals surface area contributed by atoms with Gasteiger partial charge in [-0.05, 0) is 41.5 Å².